The molecule has 0 unspecified atom stereocenters. The molecule has 8 nitrogen and oxygen atoms in total. The normalized spacial score (nSPS) is 12.9. The van der Waals surface area contributed by atoms with E-state index in [1.54, 1.807) is 49.4 Å². The third-order valence-corrected chi connectivity index (χ3v) is 6.53. The molecule has 2 aromatic rings. The van der Waals surface area contributed by atoms with E-state index in [2.05, 4.69) is 5.32 Å². The van der Waals surface area contributed by atoms with Crippen LogP contribution in [0.4, 0.5) is 5.69 Å². The molecule has 9 heteroatoms. The third-order valence-electron chi connectivity index (χ3n) is 4.75. The number of rotatable bonds is 8. The fourth-order valence-electron chi connectivity index (χ4n) is 3.11. The second-order valence-corrected chi connectivity index (χ2v) is 8.88. The van der Waals surface area contributed by atoms with Gasteiger partial charge in [0.1, 0.15) is 6.54 Å². The number of benzene rings is 2. The Bertz CT molecular complexity index is 1070. The first-order valence-electron chi connectivity index (χ1n) is 9.47. The van der Waals surface area contributed by atoms with E-state index in [-0.39, 0.29) is 12.3 Å². The molecule has 0 atom stereocenters. The number of hydrogen-bond acceptors (Lipinski definition) is 6. The van der Waals surface area contributed by atoms with E-state index in [4.69, 9.17) is 4.74 Å². The summed E-state index contributed by atoms with van der Waals surface area (Å²) in [6, 6.07) is 13.2. The second kappa shape index (κ2) is 9.08. The summed E-state index contributed by atoms with van der Waals surface area (Å²) in [5.74, 6) is -1.54. The molecule has 0 fully saturated rings. The van der Waals surface area contributed by atoms with Gasteiger partial charge in [0.05, 0.1) is 11.4 Å². The van der Waals surface area contributed by atoms with Gasteiger partial charge in [-0.15, -0.1) is 0 Å². The Hall–Kier alpha value is -3.20. The number of ketones is 1. The smallest absolute Gasteiger partial charge is 0.325 e. The first-order valence-corrected chi connectivity index (χ1v) is 11.1. The van der Waals surface area contributed by atoms with Crippen LogP contribution in [0.1, 0.15) is 33.2 Å². The van der Waals surface area contributed by atoms with Gasteiger partial charge in [0.25, 0.3) is 5.91 Å². The maximum Gasteiger partial charge on any atom is 0.325 e. The molecule has 158 valence electrons. The summed E-state index contributed by atoms with van der Waals surface area (Å²) in [4.78, 5) is 36.1. The molecule has 30 heavy (non-hydrogen) atoms. The Labute approximate surface area is 174 Å². The molecule has 3 rings (SSSR count). The Morgan fingerprint density at radius 1 is 1.07 bits per heavy atom. The minimum absolute atomic E-state index is 0.00385. The van der Waals surface area contributed by atoms with E-state index in [9.17, 15) is 22.8 Å². The minimum atomic E-state index is -3.35. The molecule has 0 spiro atoms. The molecule has 0 saturated carbocycles. The zero-order chi connectivity index (χ0) is 21.7. The monoisotopic (exact) mass is 430 g/mol. The second-order valence-electron chi connectivity index (χ2n) is 6.70. The van der Waals surface area contributed by atoms with Crippen molar-refractivity contribution >= 4 is 33.4 Å². The van der Waals surface area contributed by atoms with Crippen molar-refractivity contribution in [1.82, 2.24) is 5.32 Å². The van der Waals surface area contributed by atoms with Gasteiger partial charge in [-0.3, -0.25) is 18.7 Å². The maximum absolute atomic E-state index is 12.3. The number of fused-ring (bicyclic) bond motifs is 1. The molecule has 1 aliphatic heterocycles. The van der Waals surface area contributed by atoms with Crippen LogP contribution in [0.25, 0.3) is 0 Å². The average molecular weight is 430 g/mol. The van der Waals surface area contributed by atoms with Gasteiger partial charge in [0.15, 0.2) is 12.4 Å². The summed E-state index contributed by atoms with van der Waals surface area (Å²) in [6.07, 6.45) is 0.515. The highest BCUT2D eigenvalue weighted by Gasteiger charge is 2.28. The van der Waals surface area contributed by atoms with E-state index in [0.29, 0.717) is 29.8 Å². The quantitative estimate of drug-likeness (QED) is 0.503. The number of sulfonamides is 1. The van der Waals surface area contributed by atoms with E-state index in [1.165, 1.54) is 10.4 Å². The zero-order valence-electron chi connectivity index (χ0n) is 16.5. The number of amides is 1. The highest BCUT2D eigenvalue weighted by molar-refractivity contribution is 7.92. The van der Waals surface area contributed by atoms with Crippen molar-refractivity contribution in [2.24, 2.45) is 0 Å². The van der Waals surface area contributed by atoms with Gasteiger partial charge in [-0.05, 0) is 49.2 Å². The van der Waals surface area contributed by atoms with Crippen LogP contribution >= 0.6 is 0 Å². The maximum atomic E-state index is 12.3. The molecule has 0 aliphatic carbocycles. The molecule has 0 saturated heterocycles. The van der Waals surface area contributed by atoms with Crippen LogP contribution in [-0.4, -0.2) is 51.5 Å². The van der Waals surface area contributed by atoms with Crippen LogP contribution in [-0.2, 0) is 26.0 Å². The number of nitrogens with zero attached hydrogens (tertiary/aromatic N) is 1. The largest absolute Gasteiger partial charge is 0.456 e. The lowest BCUT2D eigenvalue weighted by molar-refractivity contribution is -0.141. The first-order chi connectivity index (χ1) is 14.3. The van der Waals surface area contributed by atoms with Gasteiger partial charge in [0, 0.05) is 17.7 Å². The fourth-order valence-corrected chi connectivity index (χ4v) is 4.27. The zero-order valence-corrected chi connectivity index (χ0v) is 17.3. The van der Waals surface area contributed by atoms with Crippen LogP contribution in [0, 0.1) is 0 Å². The van der Waals surface area contributed by atoms with Crippen LogP contribution in [0.3, 0.4) is 0 Å². The molecule has 2 aromatic carbocycles. The van der Waals surface area contributed by atoms with E-state index in [0.717, 1.165) is 5.56 Å². The van der Waals surface area contributed by atoms with Crippen molar-refractivity contribution in [3.63, 3.8) is 0 Å². The molecule has 0 radical (unpaired) electrons. The standard InChI is InChI=1S/C21H22N2O6S/c1-2-30(27,28)23-11-10-16-12-17(8-9-18(16)23)19(24)14-29-20(25)13-22-21(26)15-6-4-3-5-7-15/h3-9,12H,2,10-11,13-14H2,1H3,(H,22,26). The summed E-state index contributed by atoms with van der Waals surface area (Å²) < 4.78 is 30.6. The topological polar surface area (TPSA) is 110 Å². The van der Waals surface area contributed by atoms with Crippen molar-refractivity contribution in [3.8, 4) is 0 Å². The Balaban J connectivity index is 1.53. The number of carbonyl (C=O) groups is 3. The van der Waals surface area contributed by atoms with Gasteiger partial charge in [-0.1, -0.05) is 18.2 Å². The Morgan fingerprint density at radius 3 is 2.50 bits per heavy atom. The van der Waals surface area contributed by atoms with E-state index in [1.807, 2.05) is 0 Å². The fraction of sp³-hybridized carbons (Fsp3) is 0.286. The van der Waals surface area contributed by atoms with Crippen LogP contribution in [0.15, 0.2) is 48.5 Å². The number of esters is 1. The number of hydrogen-bond donors (Lipinski definition) is 1. The van der Waals surface area contributed by atoms with Crippen LogP contribution < -0.4 is 9.62 Å². The number of ether oxygens (including phenoxy) is 1. The van der Waals surface area contributed by atoms with Gasteiger partial charge < -0.3 is 10.1 Å². The third kappa shape index (κ3) is 4.85. The average Bonchev–Trinajstić information content (AvgIpc) is 3.20. The number of nitrogens with one attached hydrogen (secondary N) is 1. The lowest BCUT2D eigenvalue weighted by Crippen LogP contribution is -2.31. The lowest BCUT2D eigenvalue weighted by Gasteiger charge is -2.18. The number of carbonyl (C=O) groups excluding carboxylic acids is 3. The molecular formula is C21H22N2O6S. The van der Waals surface area contributed by atoms with Gasteiger partial charge in [-0.2, -0.15) is 0 Å². The Kier molecular flexibility index (Phi) is 6.51. The molecular weight excluding hydrogens is 408 g/mol. The predicted octanol–water partition coefficient (Wildman–Crippen LogP) is 1.55. The molecule has 1 amide bonds. The van der Waals surface area contributed by atoms with Crippen molar-refractivity contribution in [1.29, 1.82) is 0 Å². The van der Waals surface area contributed by atoms with E-state index < -0.39 is 34.3 Å². The molecule has 1 N–H and O–H groups in total. The number of Topliss-reactive ketones (excluding diaryl/α,β-unsaturated/α-hetero) is 1. The van der Waals surface area contributed by atoms with Crippen molar-refractivity contribution in [2.75, 3.05) is 29.8 Å². The summed E-state index contributed by atoms with van der Waals surface area (Å²) in [6.45, 7) is 1.12. The molecule has 0 aromatic heterocycles. The Morgan fingerprint density at radius 2 is 1.80 bits per heavy atom. The van der Waals surface area contributed by atoms with Gasteiger partial charge in [0.2, 0.25) is 10.0 Å². The summed E-state index contributed by atoms with van der Waals surface area (Å²) in [5, 5.41) is 2.43. The van der Waals surface area contributed by atoms with Crippen molar-refractivity contribution < 1.29 is 27.5 Å². The summed E-state index contributed by atoms with van der Waals surface area (Å²) in [7, 11) is -3.35. The van der Waals surface area contributed by atoms with Crippen molar-refractivity contribution in [2.45, 2.75) is 13.3 Å². The SMILES string of the molecule is CCS(=O)(=O)N1CCc2cc(C(=O)COC(=O)CNC(=O)c3ccccc3)ccc21. The van der Waals surface area contributed by atoms with Gasteiger partial charge in [-0.25, -0.2) is 8.42 Å². The lowest BCUT2D eigenvalue weighted by atomic mass is 10.1. The predicted molar refractivity (Wildman–Crippen MR) is 111 cm³/mol. The summed E-state index contributed by atoms with van der Waals surface area (Å²) in [5.41, 5.74) is 2.10. The van der Waals surface area contributed by atoms with Crippen LogP contribution in [0.5, 0.6) is 0 Å². The first kappa shape index (κ1) is 21.5. The van der Waals surface area contributed by atoms with Crippen LogP contribution in [0.2, 0.25) is 0 Å². The molecule has 0 bridgehead atoms. The van der Waals surface area contributed by atoms with Gasteiger partial charge >= 0.3 is 5.97 Å². The molecule has 1 heterocycles. The van der Waals surface area contributed by atoms with E-state index >= 15 is 0 Å². The highest BCUT2D eigenvalue weighted by atomic mass is 32.2. The number of anilines is 1. The highest BCUT2D eigenvalue weighted by Crippen LogP contribution is 2.31. The summed E-state index contributed by atoms with van der Waals surface area (Å²) >= 11 is 0. The van der Waals surface area contributed by atoms with Crippen molar-refractivity contribution in [3.05, 3.63) is 65.2 Å². The molecule has 1 aliphatic rings. The minimum Gasteiger partial charge on any atom is -0.456 e.